The Hall–Kier alpha value is -2.01. The van der Waals surface area contributed by atoms with E-state index in [1.807, 2.05) is 5.38 Å². The van der Waals surface area contributed by atoms with Gasteiger partial charge >= 0.3 is 0 Å². The minimum absolute atomic E-state index is 0.00363. The number of carbonyl (C=O) groups excluding carboxylic acids is 1. The number of nitrogens with zero attached hydrogens (tertiary/aromatic N) is 1. The molecule has 2 aromatic rings. The van der Waals surface area contributed by atoms with E-state index in [1.54, 1.807) is 29.6 Å². The van der Waals surface area contributed by atoms with Crippen molar-refractivity contribution in [3.63, 3.8) is 0 Å². The Balaban J connectivity index is 2.25. The molecule has 0 amide bonds. The molecule has 0 aliphatic rings. The Labute approximate surface area is 102 Å². The minimum Gasteiger partial charge on any atom is -0.294 e. The molecule has 0 fully saturated rings. The third-order valence-electron chi connectivity index (χ3n) is 2.38. The summed E-state index contributed by atoms with van der Waals surface area (Å²) in [4.78, 5) is 22.2. The molecule has 0 spiro atoms. The predicted octanol–water partition coefficient (Wildman–Crippen LogP) is 3.08. The van der Waals surface area contributed by atoms with Gasteiger partial charge in [0.15, 0.2) is 5.78 Å². The SMILES string of the molecule is O=C(Cc1ccccc1[N+](=O)[O-])c1ccsc1. The summed E-state index contributed by atoms with van der Waals surface area (Å²) in [6.45, 7) is 0. The van der Waals surface area contributed by atoms with E-state index in [0.717, 1.165) is 0 Å². The van der Waals surface area contributed by atoms with Gasteiger partial charge in [0.1, 0.15) is 0 Å². The lowest BCUT2D eigenvalue weighted by molar-refractivity contribution is -0.385. The molecule has 0 atom stereocenters. The Morgan fingerprint density at radius 2 is 2.06 bits per heavy atom. The fourth-order valence-electron chi connectivity index (χ4n) is 1.54. The summed E-state index contributed by atoms with van der Waals surface area (Å²) in [7, 11) is 0. The molecular formula is C12H9NO3S. The van der Waals surface area contributed by atoms with Gasteiger partial charge in [-0.25, -0.2) is 0 Å². The van der Waals surface area contributed by atoms with Crippen molar-refractivity contribution >= 4 is 22.8 Å². The van der Waals surface area contributed by atoms with E-state index in [2.05, 4.69) is 0 Å². The molecule has 17 heavy (non-hydrogen) atoms. The molecular weight excluding hydrogens is 238 g/mol. The number of ketones is 1. The van der Waals surface area contributed by atoms with E-state index in [4.69, 9.17) is 0 Å². The third kappa shape index (κ3) is 2.57. The van der Waals surface area contributed by atoms with E-state index < -0.39 is 4.92 Å². The molecule has 0 N–H and O–H groups in total. The van der Waals surface area contributed by atoms with Crippen LogP contribution >= 0.6 is 11.3 Å². The molecule has 1 heterocycles. The van der Waals surface area contributed by atoms with Gasteiger partial charge < -0.3 is 0 Å². The topological polar surface area (TPSA) is 60.2 Å². The van der Waals surface area contributed by atoms with Crippen LogP contribution in [-0.4, -0.2) is 10.7 Å². The lowest BCUT2D eigenvalue weighted by Crippen LogP contribution is -2.04. The van der Waals surface area contributed by atoms with Gasteiger partial charge in [-0.05, 0) is 11.4 Å². The van der Waals surface area contributed by atoms with E-state index in [-0.39, 0.29) is 17.9 Å². The van der Waals surface area contributed by atoms with Crippen molar-refractivity contribution < 1.29 is 9.72 Å². The Kier molecular flexibility index (Phi) is 3.30. The van der Waals surface area contributed by atoms with Gasteiger partial charge in [0.25, 0.3) is 5.69 Å². The number of benzene rings is 1. The summed E-state index contributed by atoms with van der Waals surface area (Å²) in [5, 5.41) is 14.3. The van der Waals surface area contributed by atoms with Crippen LogP contribution in [0, 0.1) is 10.1 Å². The van der Waals surface area contributed by atoms with Crippen LogP contribution in [0.15, 0.2) is 41.1 Å². The highest BCUT2D eigenvalue weighted by Gasteiger charge is 2.16. The van der Waals surface area contributed by atoms with Gasteiger partial charge in [0.2, 0.25) is 0 Å². The number of Topliss-reactive ketones (excluding diaryl/α,β-unsaturated/α-hetero) is 1. The molecule has 1 aromatic heterocycles. The van der Waals surface area contributed by atoms with E-state index in [1.165, 1.54) is 17.4 Å². The number of carbonyl (C=O) groups is 1. The van der Waals surface area contributed by atoms with Gasteiger partial charge in [-0.15, -0.1) is 0 Å². The third-order valence-corrected chi connectivity index (χ3v) is 3.07. The monoisotopic (exact) mass is 247 g/mol. The summed E-state index contributed by atoms with van der Waals surface area (Å²) in [5.74, 6) is -0.0967. The van der Waals surface area contributed by atoms with Crippen LogP contribution in [0.5, 0.6) is 0 Å². The first kappa shape index (κ1) is 11.5. The van der Waals surface area contributed by atoms with Crippen molar-refractivity contribution in [2.45, 2.75) is 6.42 Å². The van der Waals surface area contributed by atoms with Gasteiger partial charge in [0.05, 0.1) is 4.92 Å². The molecule has 1 aromatic carbocycles. The number of hydrogen-bond donors (Lipinski definition) is 0. The normalized spacial score (nSPS) is 10.1. The molecule has 86 valence electrons. The molecule has 0 aliphatic heterocycles. The molecule has 0 bridgehead atoms. The second-order valence-corrected chi connectivity index (χ2v) is 4.28. The van der Waals surface area contributed by atoms with Gasteiger partial charge in [-0.2, -0.15) is 11.3 Å². The molecule has 4 nitrogen and oxygen atoms in total. The second-order valence-electron chi connectivity index (χ2n) is 3.50. The molecule has 0 saturated heterocycles. The van der Waals surface area contributed by atoms with Gasteiger partial charge in [-0.1, -0.05) is 18.2 Å². The highest BCUT2D eigenvalue weighted by atomic mass is 32.1. The standard InChI is InChI=1S/C12H9NO3S/c14-12(10-5-6-17-8-10)7-9-3-1-2-4-11(9)13(15)16/h1-6,8H,7H2. The summed E-state index contributed by atoms with van der Waals surface area (Å²) in [6, 6.07) is 8.04. The van der Waals surface area contributed by atoms with Crippen molar-refractivity contribution in [3.8, 4) is 0 Å². The molecule has 0 unspecified atom stereocenters. The van der Waals surface area contributed by atoms with Gasteiger partial charge in [0, 0.05) is 29.0 Å². The van der Waals surface area contributed by atoms with E-state index in [0.29, 0.717) is 11.1 Å². The molecule has 0 aliphatic carbocycles. The van der Waals surface area contributed by atoms with Crippen molar-refractivity contribution in [3.05, 3.63) is 62.3 Å². The summed E-state index contributed by atoms with van der Waals surface area (Å²) in [6.07, 6.45) is 0.0634. The van der Waals surface area contributed by atoms with Crippen molar-refractivity contribution in [2.75, 3.05) is 0 Å². The average molecular weight is 247 g/mol. The fourth-order valence-corrected chi connectivity index (χ4v) is 2.20. The molecule has 0 saturated carbocycles. The number of hydrogen-bond acceptors (Lipinski definition) is 4. The first-order valence-electron chi connectivity index (χ1n) is 4.96. The predicted molar refractivity (Wildman–Crippen MR) is 65.4 cm³/mol. The maximum atomic E-state index is 11.8. The Morgan fingerprint density at radius 1 is 1.29 bits per heavy atom. The summed E-state index contributed by atoms with van der Waals surface area (Å²) >= 11 is 1.43. The summed E-state index contributed by atoms with van der Waals surface area (Å²) < 4.78 is 0. The second kappa shape index (κ2) is 4.88. The van der Waals surface area contributed by atoms with E-state index >= 15 is 0 Å². The lowest BCUT2D eigenvalue weighted by atomic mass is 10.0. The maximum Gasteiger partial charge on any atom is 0.273 e. The van der Waals surface area contributed by atoms with Crippen molar-refractivity contribution in [1.29, 1.82) is 0 Å². The minimum atomic E-state index is -0.462. The average Bonchev–Trinajstić information content (AvgIpc) is 2.83. The number of nitro groups is 1. The highest BCUT2D eigenvalue weighted by Crippen LogP contribution is 2.20. The first-order chi connectivity index (χ1) is 8.18. The van der Waals surface area contributed by atoms with Crippen LogP contribution in [0.1, 0.15) is 15.9 Å². The van der Waals surface area contributed by atoms with Crippen LogP contribution in [0.4, 0.5) is 5.69 Å². The number of nitro benzene ring substituents is 1. The van der Waals surface area contributed by atoms with Crippen LogP contribution < -0.4 is 0 Å². The van der Waals surface area contributed by atoms with Crippen LogP contribution in [0.3, 0.4) is 0 Å². The quantitative estimate of drug-likeness (QED) is 0.474. The highest BCUT2D eigenvalue weighted by molar-refractivity contribution is 7.08. The fraction of sp³-hybridized carbons (Fsp3) is 0.0833. The number of rotatable bonds is 4. The lowest BCUT2D eigenvalue weighted by Gasteiger charge is -2.00. The molecule has 0 radical (unpaired) electrons. The Bertz CT molecular complexity index is 549. The first-order valence-corrected chi connectivity index (χ1v) is 5.90. The van der Waals surface area contributed by atoms with Crippen molar-refractivity contribution in [1.82, 2.24) is 0 Å². The van der Waals surface area contributed by atoms with E-state index in [9.17, 15) is 14.9 Å². The summed E-state index contributed by atoms with van der Waals surface area (Å²) in [5.41, 5.74) is 1.05. The zero-order valence-electron chi connectivity index (χ0n) is 8.83. The van der Waals surface area contributed by atoms with Gasteiger partial charge in [-0.3, -0.25) is 14.9 Å². The Morgan fingerprint density at radius 3 is 2.71 bits per heavy atom. The van der Waals surface area contributed by atoms with Crippen LogP contribution in [-0.2, 0) is 6.42 Å². The number of thiophene rings is 1. The van der Waals surface area contributed by atoms with Crippen LogP contribution in [0.2, 0.25) is 0 Å². The molecule has 5 heteroatoms. The smallest absolute Gasteiger partial charge is 0.273 e. The number of para-hydroxylation sites is 1. The van der Waals surface area contributed by atoms with Crippen LogP contribution in [0.25, 0.3) is 0 Å². The van der Waals surface area contributed by atoms with Crippen molar-refractivity contribution in [2.24, 2.45) is 0 Å². The zero-order chi connectivity index (χ0) is 12.3. The molecule has 2 rings (SSSR count). The zero-order valence-corrected chi connectivity index (χ0v) is 9.65. The largest absolute Gasteiger partial charge is 0.294 e. The maximum absolute atomic E-state index is 11.8.